The van der Waals surface area contributed by atoms with E-state index in [4.69, 9.17) is 5.73 Å². The number of hydrogen-bond donors (Lipinski definition) is 0. The molecule has 0 aromatic rings. The van der Waals surface area contributed by atoms with Crippen molar-refractivity contribution in [2.24, 2.45) is 17.3 Å². The van der Waals surface area contributed by atoms with Crippen LogP contribution in [0.3, 0.4) is 0 Å². The molecule has 1 N–H and O–H groups in total. The molecule has 0 aliphatic heterocycles. The molecule has 2 nitrogen and oxygen atoms in total. The summed E-state index contributed by atoms with van der Waals surface area (Å²) in [6.45, 7) is 4.27. The van der Waals surface area contributed by atoms with Crippen molar-refractivity contribution >= 4 is 5.91 Å². The van der Waals surface area contributed by atoms with Gasteiger partial charge in [-0.25, -0.2) is 0 Å². The smallest absolute Gasteiger partial charge is 1.00 e. The molecule has 0 aromatic heterocycles. The second-order valence-electron chi connectivity index (χ2n) is 6.19. The number of allylic oxidation sites excluding steroid dienone is 3. The second kappa shape index (κ2) is 7.00. The molecule has 5 heteroatoms. The second-order valence-corrected chi connectivity index (χ2v) is 6.19. The molecule has 109 valence electrons. The van der Waals surface area contributed by atoms with Crippen LogP contribution in [0.4, 0.5) is 0 Å². The van der Waals surface area contributed by atoms with Gasteiger partial charge >= 0.3 is 21.7 Å². The third-order valence-electron chi connectivity index (χ3n) is 5.35. The van der Waals surface area contributed by atoms with Crippen molar-refractivity contribution < 1.29 is 51.3 Å². The molecule has 0 aromatic carbocycles. The fourth-order valence-electron chi connectivity index (χ4n) is 4.29. The third-order valence-corrected chi connectivity index (χ3v) is 5.35. The first-order valence-electron chi connectivity index (χ1n) is 6.67. The monoisotopic (exact) mass is 348 g/mol. The Morgan fingerprint density at radius 3 is 2.30 bits per heavy atom. The van der Waals surface area contributed by atoms with Crippen molar-refractivity contribution in [2.75, 3.05) is 0 Å². The van der Waals surface area contributed by atoms with Crippen molar-refractivity contribution in [1.82, 2.24) is 0 Å². The van der Waals surface area contributed by atoms with Gasteiger partial charge in [0.25, 0.3) is 0 Å². The van der Waals surface area contributed by atoms with Crippen molar-refractivity contribution in [3.63, 3.8) is 0 Å². The first-order valence-corrected chi connectivity index (χ1v) is 6.67. The Hall–Kier alpha value is 0.244. The Morgan fingerprint density at radius 2 is 1.95 bits per heavy atom. The molecule has 3 aliphatic carbocycles. The maximum absolute atomic E-state index is 12.0. The van der Waals surface area contributed by atoms with Gasteiger partial charge in [0, 0.05) is 5.41 Å². The van der Waals surface area contributed by atoms with Crippen LogP contribution >= 0.6 is 0 Å². The van der Waals surface area contributed by atoms with Gasteiger partial charge in [-0.1, -0.05) is 29.2 Å². The zero-order valence-electron chi connectivity index (χ0n) is 11.9. The van der Waals surface area contributed by atoms with Crippen molar-refractivity contribution in [3.05, 3.63) is 28.5 Å². The fraction of sp³-hybridized carbons (Fsp3) is 0.667. The average Bonchev–Trinajstić information content (AvgIpc) is 2.93. The van der Waals surface area contributed by atoms with Gasteiger partial charge in [0.1, 0.15) is 0 Å². The van der Waals surface area contributed by atoms with Gasteiger partial charge in [-0.3, -0.25) is 0 Å². The zero-order chi connectivity index (χ0) is 12.2. The van der Waals surface area contributed by atoms with Gasteiger partial charge in [0.15, 0.2) is 0 Å². The van der Waals surface area contributed by atoms with Crippen LogP contribution in [-0.2, 0) is 26.5 Å². The molecule has 0 saturated heterocycles. The van der Waals surface area contributed by atoms with E-state index in [-0.39, 0.29) is 52.4 Å². The van der Waals surface area contributed by atoms with Gasteiger partial charge in [-0.2, -0.15) is 0 Å². The Bertz CT molecular complexity index is 461. The standard InChI is InChI=1S/C15H21NO.2ClH.Ti/c1-9-5-13(6-10(9)2)15(14(16)17)8-11-3-4-12(15)7-11;;;/h5,11-12H,3-4,6-8H2,1-2H3,(H2,16,17);2*1H;/q;;;+3/p-3. The molecule has 3 unspecified atom stereocenters. The first-order chi connectivity index (χ1) is 8.04. The van der Waals surface area contributed by atoms with Gasteiger partial charge in [0.2, 0.25) is 0 Å². The van der Waals surface area contributed by atoms with E-state index in [0.29, 0.717) is 11.8 Å². The number of halogens is 2. The zero-order valence-corrected chi connectivity index (χ0v) is 15.0. The summed E-state index contributed by atoms with van der Waals surface area (Å²) in [5.74, 6) is 0.845. The summed E-state index contributed by atoms with van der Waals surface area (Å²) < 4.78 is 0. The van der Waals surface area contributed by atoms with Crippen LogP contribution in [0.5, 0.6) is 0 Å². The Balaban J connectivity index is 0.00000120. The summed E-state index contributed by atoms with van der Waals surface area (Å²) in [5.41, 5.74) is 11.3. The van der Waals surface area contributed by atoms with Crippen LogP contribution in [0.1, 0.15) is 46.0 Å². The summed E-state index contributed by atoms with van der Waals surface area (Å²) >= 11 is 0. The van der Waals surface area contributed by atoms with E-state index in [1.165, 1.54) is 29.6 Å². The van der Waals surface area contributed by atoms with Crippen LogP contribution in [0.2, 0.25) is 0 Å². The van der Waals surface area contributed by atoms with E-state index in [2.05, 4.69) is 19.9 Å². The predicted molar refractivity (Wildman–Crippen MR) is 68.3 cm³/mol. The number of carbonyl (C=O) groups is 1. The molecule has 3 rings (SSSR count). The van der Waals surface area contributed by atoms with Crippen molar-refractivity contribution in [1.29, 1.82) is 0 Å². The summed E-state index contributed by atoms with van der Waals surface area (Å²) in [7, 11) is 0. The molecule has 0 spiro atoms. The SMILES string of the molecule is CC1=C(C)CC(C2(C([NH-])=O)CC3CCC2C3)=C1.[Cl-].[Cl-].[Ti+3]. The number of amides is 1. The minimum Gasteiger partial charge on any atom is -1.00 e. The molecule has 2 fully saturated rings. The van der Waals surface area contributed by atoms with Crippen molar-refractivity contribution in [3.8, 4) is 0 Å². The molecule has 1 amide bonds. The van der Waals surface area contributed by atoms with Crippen LogP contribution in [0.25, 0.3) is 5.73 Å². The van der Waals surface area contributed by atoms with Crippen LogP contribution in [0, 0.1) is 17.3 Å². The van der Waals surface area contributed by atoms with E-state index >= 15 is 0 Å². The number of carbonyl (C=O) groups excluding carboxylic acids is 1. The van der Waals surface area contributed by atoms with Crippen molar-refractivity contribution in [2.45, 2.75) is 46.0 Å². The molecule has 20 heavy (non-hydrogen) atoms. The Kier molecular flexibility index (Phi) is 7.09. The molecule has 2 bridgehead atoms. The third kappa shape index (κ3) is 2.77. The summed E-state index contributed by atoms with van der Waals surface area (Å²) in [6.07, 6.45) is 7.69. The Morgan fingerprint density at radius 1 is 1.30 bits per heavy atom. The maximum atomic E-state index is 12.0. The van der Waals surface area contributed by atoms with Gasteiger partial charge in [-0.05, 0) is 51.4 Å². The van der Waals surface area contributed by atoms with Crippen LogP contribution in [0.15, 0.2) is 22.8 Å². The van der Waals surface area contributed by atoms with Crippen LogP contribution in [-0.4, -0.2) is 5.91 Å². The minimum absolute atomic E-state index is 0. The van der Waals surface area contributed by atoms with E-state index in [0.717, 1.165) is 19.3 Å². The number of fused-ring (bicyclic) bond motifs is 2. The normalized spacial score (nSPS) is 34.0. The summed E-state index contributed by atoms with van der Waals surface area (Å²) in [4.78, 5) is 12.0. The molecule has 1 radical (unpaired) electrons. The molecule has 3 aliphatic rings. The van der Waals surface area contributed by atoms with Gasteiger partial charge in [-0.15, -0.1) is 0 Å². The average molecular weight is 349 g/mol. The number of hydrogen-bond acceptors (Lipinski definition) is 1. The van der Waals surface area contributed by atoms with E-state index < -0.39 is 5.41 Å². The summed E-state index contributed by atoms with van der Waals surface area (Å²) in [5, 5.41) is 0. The van der Waals surface area contributed by atoms with Gasteiger partial charge in [0.05, 0.1) is 5.91 Å². The van der Waals surface area contributed by atoms with E-state index in [1.807, 2.05) is 0 Å². The molecular formula is C15H20Cl2NOTi. The largest absolute Gasteiger partial charge is 3.00 e. The first kappa shape index (κ1) is 20.2. The quantitative estimate of drug-likeness (QED) is 0.534. The summed E-state index contributed by atoms with van der Waals surface area (Å²) in [6, 6.07) is 0. The molecule has 2 saturated carbocycles. The minimum atomic E-state index is -0.401. The molecular weight excluding hydrogens is 329 g/mol. The molecule has 0 heterocycles. The van der Waals surface area contributed by atoms with Gasteiger partial charge < -0.3 is 35.3 Å². The maximum Gasteiger partial charge on any atom is 3.00 e. The predicted octanol–water partition coefficient (Wildman–Crippen LogP) is -1.96. The molecule has 3 atom stereocenters. The van der Waals surface area contributed by atoms with E-state index in [9.17, 15) is 4.79 Å². The number of rotatable bonds is 2. The van der Waals surface area contributed by atoms with E-state index in [1.54, 1.807) is 0 Å². The number of nitrogens with one attached hydrogen (secondary N) is 1. The Labute approximate surface area is 148 Å². The fourth-order valence-corrected chi connectivity index (χ4v) is 4.29. The van der Waals surface area contributed by atoms with Crippen LogP contribution < -0.4 is 24.8 Å². The topological polar surface area (TPSA) is 40.9 Å².